The number of hydrogen-bond donors (Lipinski definition) is 1. The molecule has 1 aromatic carbocycles. The van der Waals surface area contributed by atoms with Crippen LogP contribution in [-0.4, -0.2) is 34.7 Å². The lowest BCUT2D eigenvalue weighted by Crippen LogP contribution is -2.17. The minimum absolute atomic E-state index is 0.399. The van der Waals surface area contributed by atoms with E-state index in [2.05, 4.69) is 5.32 Å². The Hall–Kier alpha value is -1.75. The van der Waals surface area contributed by atoms with Gasteiger partial charge in [0.2, 0.25) is 5.75 Å². The summed E-state index contributed by atoms with van der Waals surface area (Å²) in [6, 6.07) is 3.09. The van der Waals surface area contributed by atoms with E-state index in [1.165, 1.54) is 21.3 Å². The van der Waals surface area contributed by atoms with E-state index < -0.39 is 6.04 Å². The molecule has 1 N–H and O–H groups in total. The maximum absolute atomic E-state index is 10.9. The topological polar surface area (TPSA) is 56.8 Å². The maximum Gasteiger partial charge on any atom is 0.203 e. The van der Waals surface area contributed by atoms with Crippen molar-refractivity contribution >= 4 is 6.29 Å². The second-order valence-corrected chi connectivity index (χ2v) is 3.36. The number of carbonyl (C=O) groups excluding carboxylic acids is 1. The van der Waals surface area contributed by atoms with E-state index in [1.54, 1.807) is 19.2 Å². The lowest BCUT2D eigenvalue weighted by Gasteiger charge is -2.16. The number of nitrogens with one attached hydrogen (secondary N) is 1. The SMILES string of the molecule is CNC(C=O)c1cc(OC)c(OC)c(OC)c1. The van der Waals surface area contributed by atoms with E-state index in [0.29, 0.717) is 17.2 Å². The molecule has 0 saturated heterocycles. The number of hydrogen-bond acceptors (Lipinski definition) is 5. The Balaban J connectivity index is 3.30. The number of methoxy groups -OCH3 is 3. The zero-order valence-electron chi connectivity index (χ0n) is 10.4. The Labute approximate surface area is 101 Å². The molecule has 0 aliphatic rings. The molecule has 5 nitrogen and oxygen atoms in total. The van der Waals surface area contributed by atoms with Gasteiger partial charge in [-0.25, -0.2) is 0 Å². The molecule has 1 aromatic rings. The van der Waals surface area contributed by atoms with Crippen molar-refractivity contribution in [2.75, 3.05) is 28.4 Å². The molecule has 1 atom stereocenters. The molecule has 0 aliphatic carbocycles. The average molecular weight is 239 g/mol. The summed E-state index contributed by atoms with van der Waals surface area (Å²) in [4.78, 5) is 10.9. The molecule has 0 bridgehead atoms. The predicted molar refractivity (Wildman–Crippen MR) is 64.0 cm³/mol. The summed E-state index contributed by atoms with van der Waals surface area (Å²) in [6.45, 7) is 0. The van der Waals surface area contributed by atoms with Crippen LogP contribution in [0.25, 0.3) is 0 Å². The van der Waals surface area contributed by atoms with Gasteiger partial charge in [-0.15, -0.1) is 0 Å². The number of likely N-dealkylation sites (N-methyl/N-ethyl adjacent to an activating group) is 1. The third-order valence-corrected chi connectivity index (χ3v) is 2.49. The summed E-state index contributed by atoms with van der Waals surface area (Å²) in [7, 11) is 6.32. The van der Waals surface area contributed by atoms with Crippen LogP contribution >= 0.6 is 0 Å². The number of ether oxygens (including phenoxy) is 3. The zero-order valence-corrected chi connectivity index (χ0v) is 10.4. The van der Waals surface area contributed by atoms with Gasteiger partial charge in [0, 0.05) is 0 Å². The van der Waals surface area contributed by atoms with Gasteiger partial charge in [-0.3, -0.25) is 0 Å². The van der Waals surface area contributed by atoms with Gasteiger partial charge in [0.05, 0.1) is 27.4 Å². The zero-order chi connectivity index (χ0) is 12.8. The molecule has 0 heterocycles. The van der Waals surface area contributed by atoms with Crippen molar-refractivity contribution in [2.24, 2.45) is 0 Å². The highest BCUT2D eigenvalue weighted by Gasteiger charge is 2.17. The summed E-state index contributed by atoms with van der Waals surface area (Å²) < 4.78 is 15.6. The smallest absolute Gasteiger partial charge is 0.203 e. The minimum atomic E-state index is -0.399. The largest absolute Gasteiger partial charge is 0.493 e. The molecule has 0 fully saturated rings. The summed E-state index contributed by atoms with van der Waals surface area (Å²) >= 11 is 0. The lowest BCUT2D eigenvalue weighted by atomic mass is 10.1. The third-order valence-electron chi connectivity index (χ3n) is 2.49. The average Bonchev–Trinajstić information content (AvgIpc) is 2.38. The minimum Gasteiger partial charge on any atom is -0.493 e. The van der Waals surface area contributed by atoms with Gasteiger partial charge in [-0.2, -0.15) is 0 Å². The van der Waals surface area contributed by atoms with Gasteiger partial charge in [0.25, 0.3) is 0 Å². The van der Waals surface area contributed by atoms with E-state index in [0.717, 1.165) is 11.8 Å². The van der Waals surface area contributed by atoms with Gasteiger partial charge in [-0.1, -0.05) is 0 Å². The van der Waals surface area contributed by atoms with Crippen LogP contribution in [0, 0.1) is 0 Å². The number of carbonyl (C=O) groups is 1. The first-order valence-corrected chi connectivity index (χ1v) is 5.14. The molecule has 0 saturated carbocycles. The first-order chi connectivity index (χ1) is 8.21. The second kappa shape index (κ2) is 6.10. The van der Waals surface area contributed by atoms with Crippen molar-refractivity contribution in [1.29, 1.82) is 0 Å². The van der Waals surface area contributed by atoms with E-state index in [9.17, 15) is 4.79 Å². The number of benzene rings is 1. The van der Waals surface area contributed by atoms with Crippen LogP contribution in [0.2, 0.25) is 0 Å². The Bertz CT molecular complexity index is 367. The third kappa shape index (κ3) is 2.68. The van der Waals surface area contributed by atoms with E-state index >= 15 is 0 Å². The standard InChI is InChI=1S/C12H17NO4/c1-13-9(7-14)8-5-10(15-2)12(17-4)11(6-8)16-3/h5-7,9,13H,1-4H3. The molecule has 0 radical (unpaired) electrons. The van der Waals surface area contributed by atoms with Crippen molar-refractivity contribution in [3.8, 4) is 17.2 Å². The van der Waals surface area contributed by atoms with Crippen molar-refractivity contribution in [1.82, 2.24) is 5.32 Å². The van der Waals surface area contributed by atoms with E-state index in [4.69, 9.17) is 14.2 Å². The Kier molecular flexibility index (Phi) is 4.78. The highest BCUT2D eigenvalue weighted by atomic mass is 16.5. The molecule has 1 rings (SSSR count). The molecule has 0 aromatic heterocycles. The fourth-order valence-electron chi connectivity index (χ4n) is 1.59. The molecular weight excluding hydrogens is 222 g/mol. The van der Waals surface area contributed by atoms with Crippen LogP contribution in [-0.2, 0) is 4.79 Å². The predicted octanol–water partition coefficient (Wildman–Crippen LogP) is 1.17. The second-order valence-electron chi connectivity index (χ2n) is 3.36. The Morgan fingerprint density at radius 2 is 1.65 bits per heavy atom. The first-order valence-electron chi connectivity index (χ1n) is 5.14. The Morgan fingerprint density at radius 3 is 1.94 bits per heavy atom. The summed E-state index contributed by atoms with van der Waals surface area (Å²) in [5.41, 5.74) is 0.761. The fraction of sp³-hybridized carbons (Fsp3) is 0.417. The molecular formula is C12H17NO4. The van der Waals surface area contributed by atoms with Gasteiger partial charge in [0.15, 0.2) is 11.5 Å². The van der Waals surface area contributed by atoms with Crippen LogP contribution in [0.4, 0.5) is 0 Å². The van der Waals surface area contributed by atoms with Gasteiger partial charge in [-0.05, 0) is 24.7 Å². The molecule has 17 heavy (non-hydrogen) atoms. The van der Waals surface area contributed by atoms with Crippen LogP contribution in [0.3, 0.4) is 0 Å². The first kappa shape index (κ1) is 13.3. The van der Waals surface area contributed by atoms with E-state index in [1.807, 2.05) is 0 Å². The molecule has 1 unspecified atom stereocenters. The van der Waals surface area contributed by atoms with Crippen molar-refractivity contribution in [3.05, 3.63) is 17.7 Å². The van der Waals surface area contributed by atoms with Crippen LogP contribution in [0.5, 0.6) is 17.2 Å². The van der Waals surface area contributed by atoms with E-state index in [-0.39, 0.29) is 0 Å². The molecule has 0 aliphatic heterocycles. The highest BCUT2D eigenvalue weighted by molar-refractivity contribution is 5.65. The summed E-state index contributed by atoms with van der Waals surface area (Å²) in [5, 5.41) is 2.89. The lowest BCUT2D eigenvalue weighted by molar-refractivity contribution is -0.109. The quantitative estimate of drug-likeness (QED) is 0.755. The summed E-state index contributed by atoms with van der Waals surface area (Å²) in [6.07, 6.45) is 0.820. The maximum atomic E-state index is 10.9. The van der Waals surface area contributed by atoms with Crippen molar-refractivity contribution in [2.45, 2.75) is 6.04 Å². The van der Waals surface area contributed by atoms with Gasteiger partial charge >= 0.3 is 0 Å². The molecule has 0 spiro atoms. The van der Waals surface area contributed by atoms with Crippen LogP contribution in [0.15, 0.2) is 12.1 Å². The monoisotopic (exact) mass is 239 g/mol. The molecule has 5 heteroatoms. The highest BCUT2D eigenvalue weighted by Crippen LogP contribution is 2.39. The van der Waals surface area contributed by atoms with Gasteiger partial charge in [0.1, 0.15) is 6.29 Å². The number of rotatable bonds is 6. The van der Waals surface area contributed by atoms with Gasteiger partial charge < -0.3 is 24.3 Å². The fourth-order valence-corrected chi connectivity index (χ4v) is 1.59. The molecule has 94 valence electrons. The molecule has 0 amide bonds. The normalized spacial score (nSPS) is 11.8. The van der Waals surface area contributed by atoms with Crippen LogP contribution < -0.4 is 19.5 Å². The summed E-state index contributed by atoms with van der Waals surface area (Å²) in [5.74, 6) is 1.58. The van der Waals surface area contributed by atoms with Crippen molar-refractivity contribution < 1.29 is 19.0 Å². The van der Waals surface area contributed by atoms with Crippen molar-refractivity contribution in [3.63, 3.8) is 0 Å². The Morgan fingerprint density at radius 1 is 1.12 bits per heavy atom. The number of aldehydes is 1. The van der Waals surface area contributed by atoms with Crippen LogP contribution in [0.1, 0.15) is 11.6 Å².